The van der Waals surface area contributed by atoms with Gasteiger partial charge in [-0.25, -0.2) is 0 Å². The summed E-state index contributed by atoms with van der Waals surface area (Å²) in [6, 6.07) is 0.397. The second-order valence-corrected chi connectivity index (χ2v) is 7.86. The Balaban J connectivity index is 0.00000484. The molecule has 1 aliphatic carbocycles. The van der Waals surface area contributed by atoms with Crippen molar-refractivity contribution in [1.82, 2.24) is 10.6 Å². The normalized spacial score (nSPS) is 23.0. The SMILES string of the molecule is CCS(=O)C1CCCC(NC(=NC)NCCCCCOC)C1.I. The van der Waals surface area contributed by atoms with E-state index in [1.165, 1.54) is 6.42 Å². The summed E-state index contributed by atoms with van der Waals surface area (Å²) in [4.78, 5) is 4.30. The first-order valence-corrected chi connectivity index (χ1v) is 9.92. The Labute approximate surface area is 161 Å². The molecule has 23 heavy (non-hydrogen) atoms. The van der Waals surface area contributed by atoms with Gasteiger partial charge >= 0.3 is 0 Å². The van der Waals surface area contributed by atoms with Crippen molar-refractivity contribution in [1.29, 1.82) is 0 Å². The van der Waals surface area contributed by atoms with Crippen LogP contribution in [0.3, 0.4) is 0 Å². The smallest absolute Gasteiger partial charge is 0.191 e. The molecule has 3 unspecified atom stereocenters. The maximum atomic E-state index is 12.0. The largest absolute Gasteiger partial charge is 0.385 e. The Hall–Kier alpha value is 0.110. The van der Waals surface area contributed by atoms with E-state index in [9.17, 15) is 4.21 Å². The molecule has 1 rings (SSSR count). The molecule has 1 fully saturated rings. The fraction of sp³-hybridized carbons (Fsp3) is 0.938. The first kappa shape index (κ1) is 23.1. The van der Waals surface area contributed by atoms with Gasteiger partial charge in [0, 0.05) is 55.2 Å². The van der Waals surface area contributed by atoms with E-state index in [-0.39, 0.29) is 24.0 Å². The van der Waals surface area contributed by atoms with Gasteiger partial charge in [-0.15, -0.1) is 24.0 Å². The highest BCUT2D eigenvalue weighted by Crippen LogP contribution is 2.22. The lowest BCUT2D eigenvalue weighted by Gasteiger charge is -2.30. The van der Waals surface area contributed by atoms with Crippen LogP contribution in [0.1, 0.15) is 51.9 Å². The second kappa shape index (κ2) is 14.5. The molecule has 1 aliphatic rings. The number of methoxy groups -OCH3 is 1. The third-order valence-corrected chi connectivity index (χ3v) is 5.91. The zero-order valence-electron chi connectivity index (χ0n) is 14.8. The molecule has 0 aromatic carbocycles. The van der Waals surface area contributed by atoms with E-state index in [0.717, 1.165) is 63.4 Å². The Kier molecular flexibility index (Phi) is 14.5. The van der Waals surface area contributed by atoms with Crippen LogP contribution in [0, 0.1) is 0 Å². The van der Waals surface area contributed by atoms with Gasteiger partial charge in [-0.05, 0) is 38.5 Å². The molecule has 3 atom stereocenters. The molecule has 1 saturated carbocycles. The number of ether oxygens (including phenoxy) is 1. The maximum Gasteiger partial charge on any atom is 0.191 e. The maximum absolute atomic E-state index is 12.0. The molecule has 7 heteroatoms. The van der Waals surface area contributed by atoms with Crippen LogP contribution in [0.2, 0.25) is 0 Å². The fourth-order valence-corrected chi connectivity index (χ4v) is 4.24. The van der Waals surface area contributed by atoms with Crippen LogP contribution >= 0.6 is 24.0 Å². The quantitative estimate of drug-likeness (QED) is 0.241. The average Bonchev–Trinajstić information content (AvgIpc) is 2.56. The summed E-state index contributed by atoms with van der Waals surface area (Å²) in [5.41, 5.74) is 0. The topological polar surface area (TPSA) is 62.7 Å². The molecular weight excluding hydrogens is 425 g/mol. The lowest BCUT2D eigenvalue weighted by atomic mass is 9.95. The molecule has 0 bridgehead atoms. The van der Waals surface area contributed by atoms with Gasteiger partial charge in [0.2, 0.25) is 0 Å². The standard InChI is InChI=1S/C16H33N3O2S.HI/c1-4-22(20)15-10-8-9-14(13-15)19-16(17-2)18-11-6-5-7-12-21-3;/h14-15H,4-13H2,1-3H3,(H2,17,18,19);1H. The minimum atomic E-state index is -0.673. The van der Waals surface area contributed by atoms with Crippen molar-refractivity contribution in [2.24, 2.45) is 4.99 Å². The van der Waals surface area contributed by atoms with Crippen molar-refractivity contribution < 1.29 is 8.95 Å². The first-order valence-electron chi connectivity index (χ1n) is 8.54. The third-order valence-electron chi connectivity index (χ3n) is 4.16. The molecule has 0 heterocycles. The van der Waals surface area contributed by atoms with Gasteiger partial charge in [-0.3, -0.25) is 9.20 Å². The van der Waals surface area contributed by atoms with Gasteiger partial charge in [0.15, 0.2) is 5.96 Å². The molecule has 0 radical (unpaired) electrons. The van der Waals surface area contributed by atoms with Crippen molar-refractivity contribution in [2.75, 3.05) is 33.1 Å². The summed E-state index contributed by atoms with van der Waals surface area (Å²) in [5, 5.41) is 7.22. The van der Waals surface area contributed by atoms with Crippen molar-refractivity contribution >= 4 is 40.7 Å². The minimum absolute atomic E-state index is 0. The molecule has 0 amide bonds. The van der Waals surface area contributed by atoms with Gasteiger partial charge in [0.25, 0.3) is 0 Å². The highest BCUT2D eigenvalue weighted by Gasteiger charge is 2.25. The Bertz CT molecular complexity index is 356. The van der Waals surface area contributed by atoms with E-state index in [2.05, 4.69) is 15.6 Å². The number of rotatable bonds is 9. The number of unbranched alkanes of at least 4 members (excludes halogenated alkanes) is 2. The molecule has 5 nitrogen and oxygen atoms in total. The zero-order valence-corrected chi connectivity index (χ0v) is 18.0. The summed E-state index contributed by atoms with van der Waals surface area (Å²) in [6.07, 6.45) is 7.79. The van der Waals surface area contributed by atoms with E-state index >= 15 is 0 Å². The Morgan fingerprint density at radius 1 is 1.30 bits per heavy atom. The number of nitrogens with zero attached hydrogens (tertiary/aromatic N) is 1. The fourth-order valence-electron chi connectivity index (χ4n) is 2.89. The highest BCUT2D eigenvalue weighted by molar-refractivity contribution is 14.0. The molecule has 0 saturated heterocycles. The lowest BCUT2D eigenvalue weighted by Crippen LogP contribution is -2.46. The summed E-state index contributed by atoms with van der Waals surface area (Å²) >= 11 is 0. The molecular formula is C16H34IN3O2S. The van der Waals surface area contributed by atoms with E-state index in [4.69, 9.17) is 4.74 Å². The van der Waals surface area contributed by atoms with Crippen LogP contribution in [0.15, 0.2) is 4.99 Å². The first-order chi connectivity index (χ1) is 10.7. The summed E-state index contributed by atoms with van der Waals surface area (Å²) in [7, 11) is 2.88. The molecule has 138 valence electrons. The number of guanidine groups is 1. The van der Waals surface area contributed by atoms with Gasteiger partial charge in [-0.1, -0.05) is 13.3 Å². The van der Waals surface area contributed by atoms with E-state index < -0.39 is 10.8 Å². The Morgan fingerprint density at radius 3 is 2.74 bits per heavy atom. The predicted molar refractivity (Wildman–Crippen MR) is 110 cm³/mol. The van der Waals surface area contributed by atoms with Gasteiger partial charge in [0.05, 0.1) is 0 Å². The van der Waals surface area contributed by atoms with Crippen molar-refractivity contribution in [3.63, 3.8) is 0 Å². The summed E-state index contributed by atoms with van der Waals surface area (Å²) in [6.45, 7) is 3.78. The van der Waals surface area contributed by atoms with Crippen LogP contribution < -0.4 is 10.6 Å². The monoisotopic (exact) mass is 459 g/mol. The van der Waals surface area contributed by atoms with Crippen LogP contribution in [0.5, 0.6) is 0 Å². The zero-order chi connectivity index (χ0) is 16.2. The van der Waals surface area contributed by atoms with Crippen LogP contribution in [-0.4, -0.2) is 54.5 Å². The predicted octanol–water partition coefficient (Wildman–Crippen LogP) is 2.67. The van der Waals surface area contributed by atoms with Gasteiger partial charge in [-0.2, -0.15) is 0 Å². The minimum Gasteiger partial charge on any atom is -0.385 e. The third kappa shape index (κ3) is 9.86. The molecule has 0 spiro atoms. The van der Waals surface area contributed by atoms with Crippen LogP contribution in [-0.2, 0) is 15.5 Å². The van der Waals surface area contributed by atoms with Crippen LogP contribution in [0.4, 0.5) is 0 Å². The highest BCUT2D eigenvalue weighted by atomic mass is 127. The van der Waals surface area contributed by atoms with Crippen LogP contribution in [0.25, 0.3) is 0 Å². The molecule has 0 aromatic rings. The average molecular weight is 459 g/mol. The van der Waals surface area contributed by atoms with Gasteiger partial charge < -0.3 is 15.4 Å². The van der Waals surface area contributed by atoms with Crippen molar-refractivity contribution in [3.05, 3.63) is 0 Å². The molecule has 2 N–H and O–H groups in total. The number of hydrogen-bond acceptors (Lipinski definition) is 3. The Morgan fingerprint density at radius 2 is 2.09 bits per heavy atom. The van der Waals surface area contributed by atoms with Crippen molar-refractivity contribution in [2.45, 2.75) is 63.2 Å². The van der Waals surface area contributed by atoms with Gasteiger partial charge in [0.1, 0.15) is 0 Å². The summed E-state index contributed by atoms with van der Waals surface area (Å²) < 4.78 is 17.0. The number of aliphatic imine (C=N–C) groups is 1. The number of nitrogens with one attached hydrogen (secondary N) is 2. The van der Waals surface area contributed by atoms with E-state index in [1.807, 2.05) is 14.0 Å². The number of halogens is 1. The van der Waals surface area contributed by atoms with E-state index in [1.54, 1.807) is 7.11 Å². The second-order valence-electron chi connectivity index (χ2n) is 5.85. The van der Waals surface area contributed by atoms with E-state index in [0.29, 0.717) is 11.3 Å². The number of hydrogen-bond donors (Lipinski definition) is 2. The summed E-state index contributed by atoms with van der Waals surface area (Å²) in [5.74, 6) is 1.64. The lowest BCUT2D eigenvalue weighted by molar-refractivity contribution is 0.192. The molecule has 0 aliphatic heterocycles. The van der Waals surface area contributed by atoms with Crippen molar-refractivity contribution in [3.8, 4) is 0 Å². The molecule has 0 aromatic heterocycles.